The van der Waals surface area contributed by atoms with Gasteiger partial charge in [0, 0.05) is 19.0 Å². The van der Waals surface area contributed by atoms with Gasteiger partial charge < -0.3 is 5.11 Å². The summed E-state index contributed by atoms with van der Waals surface area (Å²) in [4.78, 5) is 0. The van der Waals surface area contributed by atoms with Crippen LogP contribution >= 0.6 is 11.6 Å². The molecular weight excluding hydrogens is 226 g/mol. The number of sulfonamides is 1. The summed E-state index contributed by atoms with van der Waals surface area (Å²) < 4.78 is 24.6. The average molecular weight is 244 g/mol. The number of aliphatic hydroxyl groups is 1. The van der Waals surface area contributed by atoms with Crippen LogP contribution < -0.4 is 0 Å². The van der Waals surface area contributed by atoms with Crippen LogP contribution in [0, 0.1) is 5.92 Å². The van der Waals surface area contributed by atoms with Crippen molar-refractivity contribution in [3.05, 3.63) is 0 Å². The van der Waals surface area contributed by atoms with Crippen molar-refractivity contribution in [1.29, 1.82) is 0 Å². The van der Waals surface area contributed by atoms with Crippen molar-refractivity contribution in [1.82, 2.24) is 4.31 Å². The topological polar surface area (TPSA) is 57.6 Å². The van der Waals surface area contributed by atoms with Gasteiger partial charge in [-0.05, 0) is 5.92 Å². The average Bonchev–Trinajstić information content (AvgIpc) is 2.12. The first kappa shape index (κ1) is 14.2. The van der Waals surface area contributed by atoms with Crippen LogP contribution in [0.2, 0.25) is 0 Å². The van der Waals surface area contributed by atoms with E-state index >= 15 is 0 Å². The van der Waals surface area contributed by atoms with Crippen LogP contribution in [0.4, 0.5) is 0 Å². The van der Waals surface area contributed by atoms with Gasteiger partial charge in [-0.2, -0.15) is 4.31 Å². The Morgan fingerprint density at radius 3 is 2.43 bits per heavy atom. The highest BCUT2D eigenvalue weighted by Gasteiger charge is 2.22. The summed E-state index contributed by atoms with van der Waals surface area (Å²) in [5, 5.41) is 8.69. The number of halogens is 1. The summed E-state index contributed by atoms with van der Waals surface area (Å²) in [5.41, 5.74) is 0. The summed E-state index contributed by atoms with van der Waals surface area (Å²) in [6.07, 6.45) is 0. The Labute approximate surface area is 90.9 Å². The fourth-order valence-electron chi connectivity index (χ4n) is 1.11. The van der Waals surface area contributed by atoms with Gasteiger partial charge in [-0.15, -0.1) is 11.6 Å². The van der Waals surface area contributed by atoms with Crippen molar-refractivity contribution in [3.8, 4) is 0 Å². The number of alkyl halides is 1. The minimum atomic E-state index is -3.26. The summed E-state index contributed by atoms with van der Waals surface area (Å²) >= 11 is 5.55. The number of rotatable bonds is 7. The third kappa shape index (κ3) is 4.59. The van der Waals surface area contributed by atoms with E-state index in [2.05, 4.69) is 0 Å². The molecule has 0 radical (unpaired) electrons. The van der Waals surface area contributed by atoms with Crippen molar-refractivity contribution < 1.29 is 13.5 Å². The molecule has 1 N–H and O–H groups in total. The van der Waals surface area contributed by atoms with E-state index in [4.69, 9.17) is 16.7 Å². The van der Waals surface area contributed by atoms with Crippen LogP contribution in [-0.2, 0) is 10.0 Å². The quantitative estimate of drug-likeness (QED) is 0.663. The molecule has 0 aliphatic heterocycles. The van der Waals surface area contributed by atoms with Gasteiger partial charge >= 0.3 is 0 Å². The smallest absolute Gasteiger partial charge is 0.214 e. The molecule has 0 aliphatic carbocycles. The second kappa shape index (κ2) is 6.61. The molecule has 0 saturated carbocycles. The lowest BCUT2D eigenvalue weighted by Gasteiger charge is -2.20. The van der Waals surface area contributed by atoms with Gasteiger partial charge in [0.05, 0.1) is 12.4 Å². The molecule has 1 atom stereocenters. The van der Waals surface area contributed by atoms with Gasteiger partial charge in [-0.3, -0.25) is 0 Å². The Hall–Kier alpha value is 0.160. The largest absolute Gasteiger partial charge is 0.395 e. The molecule has 14 heavy (non-hydrogen) atoms. The lowest BCUT2D eigenvalue weighted by atomic mass is 10.3. The fraction of sp³-hybridized carbons (Fsp3) is 1.00. The normalized spacial score (nSPS) is 14.6. The molecular formula is C8H18ClNO3S. The third-order valence-corrected chi connectivity index (χ3v) is 4.60. The second-order valence-corrected chi connectivity index (χ2v) is 5.58. The first-order chi connectivity index (χ1) is 6.47. The molecule has 0 spiro atoms. The minimum Gasteiger partial charge on any atom is -0.395 e. The van der Waals surface area contributed by atoms with Crippen LogP contribution in [0.1, 0.15) is 13.8 Å². The molecule has 6 heteroatoms. The van der Waals surface area contributed by atoms with Crippen molar-refractivity contribution >= 4 is 21.6 Å². The molecule has 0 aromatic carbocycles. The van der Waals surface area contributed by atoms with Gasteiger partial charge in [-0.25, -0.2) is 8.42 Å². The van der Waals surface area contributed by atoms with Crippen molar-refractivity contribution in [2.75, 3.05) is 31.3 Å². The Morgan fingerprint density at radius 2 is 2.07 bits per heavy atom. The Balaban J connectivity index is 4.41. The van der Waals surface area contributed by atoms with Crippen LogP contribution in [0.3, 0.4) is 0 Å². The predicted octanol–water partition coefficient (Wildman–Crippen LogP) is 0.505. The molecule has 0 aromatic rings. The van der Waals surface area contributed by atoms with E-state index in [-0.39, 0.29) is 24.8 Å². The third-order valence-electron chi connectivity index (χ3n) is 1.85. The summed E-state index contributed by atoms with van der Waals surface area (Å²) in [5.74, 6) is 0.315. The van der Waals surface area contributed by atoms with Gasteiger partial charge in [0.15, 0.2) is 0 Å². The molecule has 0 saturated heterocycles. The van der Waals surface area contributed by atoms with E-state index in [0.29, 0.717) is 12.4 Å². The van der Waals surface area contributed by atoms with E-state index in [1.54, 1.807) is 13.8 Å². The zero-order chi connectivity index (χ0) is 11.2. The monoisotopic (exact) mass is 243 g/mol. The van der Waals surface area contributed by atoms with Crippen LogP contribution in [-0.4, -0.2) is 49.2 Å². The van der Waals surface area contributed by atoms with Crippen molar-refractivity contribution in [2.24, 2.45) is 5.92 Å². The maximum atomic E-state index is 11.7. The predicted molar refractivity (Wildman–Crippen MR) is 58.0 cm³/mol. The number of hydrogen-bond acceptors (Lipinski definition) is 3. The zero-order valence-corrected chi connectivity index (χ0v) is 10.2. The van der Waals surface area contributed by atoms with Gasteiger partial charge in [0.1, 0.15) is 0 Å². The van der Waals surface area contributed by atoms with E-state index in [9.17, 15) is 8.42 Å². The lowest BCUT2D eigenvalue weighted by molar-refractivity contribution is 0.256. The summed E-state index contributed by atoms with van der Waals surface area (Å²) in [6.45, 7) is 3.93. The number of hydrogen-bond donors (Lipinski definition) is 1. The van der Waals surface area contributed by atoms with Gasteiger partial charge in [-0.1, -0.05) is 13.8 Å². The highest BCUT2D eigenvalue weighted by atomic mass is 35.5. The second-order valence-electron chi connectivity index (χ2n) is 3.25. The van der Waals surface area contributed by atoms with Crippen molar-refractivity contribution in [3.63, 3.8) is 0 Å². The van der Waals surface area contributed by atoms with Crippen molar-refractivity contribution in [2.45, 2.75) is 13.8 Å². The molecule has 86 valence electrons. The molecule has 0 heterocycles. The standard InChI is InChI=1S/C8H18ClNO3S/c1-3-10(4-5-11)14(12,13)7-8(2)6-9/h8,11H,3-7H2,1-2H3. The van der Waals surface area contributed by atoms with E-state index in [1.807, 2.05) is 0 Å². The molecule has 0 aromatic heterocycles. The maximum Gasteiger partial charge on any atom is 0.214 e. The lowest BCUT2D eigenvalue weighted by Crippen LogP contribution is -2.36. The van der Waals surface area contributed by atoms with Crippen LogP contribution in [0.25, 0.3) is 0 Å². The van der Waals surface area contributed by atoms with Crippen LogP contribution in [0.15, 0.2) is 0 Å². The minimum absolute atomic E-state index is 0.0460. The Kier molecular flexibility index (Phi) is 6.68. The molecule has 0 aliphatic rings. The van der Waals surface area contributed by atoms with E-state index in [0.717, 1.165) is 0 Å². The summed E-state index contributed by atoms with van der Waals surface area (Å²) in [6, 6.07) is 0. The van der Waals surface area contributed by atoms with Crippen LogP contribution in [0.5, 0.6) is 0 Å². The first-order valence-electron chi connectivity index (χ1n) is 4.62. The van der Waals surface area contributed by atoms with Gasteiger partial charge in [0.2, 0.25) is 10.0 Å². The van der Waals surface area contributed by atoms with E-state index in [1.165, 1.54) is 4.31 Å². The molecule has 0 fully saturated rings. The zero-order valence-electron chi connectivity index (χ0n) is 8.61. The Morgan fingerprint density at radius 1 is 1.50 bits per heavy atom. The SMILES string of the molecule is CCN(CCO)S(=O)(=O)CC(C)CCl. The maximum absolute atomic E-state index is 11.7. The number of nitrogens with zero attached hydrogens (tertiary/aromatic N) is 1. The molecule has 4 nitrogen and oxygen atoms in total. The first-order valence-corrected chi connectivity index (χ1v) is 6.77. The molecule has 1 unspecified atom stereocenters. The highest BCUT2D eigenvalue weighted by Crippen LogP contribution is 2.08. The molecule has 0 amide bonds. The molecule has 0 rings (SSSR count). The number of aliphatic hydroxyl groups excluding tert-OH is 1. The van der Waals surface area contributed by atoms with Gasteiger partial charge in [0.25, 0.3) is 0 Å². The highest BCUT2D eigenvalue weighted by molar-refractivity contribution is 7.89. The summed E-state index contributed by atoms with van der Waals surface area (Å²) in [7, 11) is -3.26. The number of likely N-dealkylation sites (N-methyl/N-ethyl adjacent to an activating group) is 1. The molecule has 0 bridgehead atoms. The Bertz CT molecular complexity index is 243. The fourth-order valence-corrected chi connectivity index (χ4v) is 3.15. The van der Waals surface area contributed by atoms with E-state index < -0.39 is 10.0 Å².